The van der Waals surface area contributed by atoms with Crippen LogP contribution in [0.3, 0.4) is 0 Å². The zero-order valence-electron chi connectivity index (χ0n) is 12.1. The maximum Gasteiger partial charge on any atom is 0.194 e. The molecule has 0 saturated heterocycles. The molecule has 0 aliphatic rings. The zero-order chi connectivity index (χ0) is 15.4. The Balaban J connectivity index is 2.22. The molecule has 2 aromatic carbocycles. The predicted molar refractivity (Wildman–Crippen MR) is 78.8 cm³/mol. The van der Waals surface area contributed by atoms with Gasteiger partial charge in [0.15, 0.2) is 17.5 Å². The molecule has 0 bridgehead atoms. The second-order valence-electron chi connectivity index (χ2n) is 4.95. The van der Waals surface area contributed by atoms with Crippen molar-refractivity contribution in [2.24, 2.45) is 0 Å². The van der Waals surface area contributed by atoms with Crippen LogP contribution in [0.2, 0.25) is 0 Å². The zero-order valence-corrected chi connectivity index (χ0v) is 12.1. The Morgan fingerprint density at radius 1 is 0.952 bits per heavy atom. The molecule has 0 radical (unpaired) electrons. The summed E-state index contributed by atoms with van der Waals surface area (Å²) in [5.74, 6) is -3.82. The summed E-state index contributed by atoms with van der Waals surface area (Å²) in [7, 11) is 0. The fourth-order valence-electron chi connectivity index (χ4n) is 2.25. The molecule has 0 fully saturated rings. The molecule has 1 unspecified atom stereocenters. The third kappa shape index (κ3) is 3.57. The van der Waals surface area contributed by atoms with Crippen LogP contribution >= 0.6 is 0 Å². The Morgan fingerprint density at radius 3 is 2.00 bits per heavy atom. The predicted octanol–water partition coefficient (Wildman–Crippen LogP) is 5.23. The molecule has 0 aromatic heterocycles. The molecule has 21 heavy (non-hydrogen) atoms. The number of anilines is 1. The Morgan fingerprint density at radius 2 is 1.52 bits per heavy atom. The highest BCUT2D eigenvalue weighted by molar-refractivity contribution is 5.46. The lowest BCUT2D eigenvalue weighted by molar-refractivity contribution is 0.447. The maximum absolute atomic E-state index is 13.2. The van der Waals surface area contributed by atoms with Gasteiger partial charge in [0.05, 0.1) is 6.04 Å². The number of benzene rings is 2. The topological polar surface area (TPSA) is 12.0 Å². The molecule has 4 heteroatoms. The van der Waals surface area contributed by atoms with Gasteiger partial charge in [-0.05, 0) is 24.0 Å². The lowest BCUT2D eigenvalue weighted by Crippen LogP contribution is -2.10. The van der Waals surface area contributed by atoms with Crippen LogP contribution in [0.25, 0.3) is 0 Å². The highest BCUT2D eigenvalue weighted by Gasteiger charge is 2.14. The second-order valence-corrected chi connectivity index (χ2v) is 4.95. The summed E-state index contributed by atoms with van der Waals surface area (Å²) < 4.78 is 39.4. The van der Waals surface area contributed by atoms with E-state index in [0.717, 1.165) is 30.5 Å². The number of halogens is 3. The Hall–Kier alpha value is -1.97. The first-order valence-electron chi connectivity index (χ1n) is 7.05. The van der Waals surface area contributed by atoms with Gasteiger partial charge in [-0.1, -0.05) is 38.1 Å². The van der Waals surface area contributed by atoms with E-state index >= 15 is 0 Å². The molecule has 0 saturated carbocycles. The standard InChI is InChI=1S/C17H18F3N/c1-3-11-5-7-12(8-6-11)16(4-2)21-13-9-14(18)17(20)15(19)10-13/h5-10,16,21H,3-4H2,1-2H3. The fraction of sp³-hybridized carbons (Fsp3) is 0.294. The highest BCUT2D eigenvalue weighted by Crippen LogP contribution is 2.25. The third-order valence-electron chi connectivity index (χ3n) is 3.52. The Kier molecular flexibility index (Phi) is 4.89. The molecule has 2 rings (SSSR count). The monoisotopic (exact) mass is 293 g/mol. The average Bonchev–Trinajstić information content (AvgIpc) is 2.50. The van der Waals surface area contributed by atoms with Crippen molar-refractivity contribution >= 4 is 5.69 Å². The number of aryl methyl sites for hydroxylation is 1. The van der Waals surface area contributed by atoms with E-state index in [1.165, 1.54) is 5.56 Å². The molecule has 1 atom stereocenters. The van der Waals surface area contributed by atoms with Crippen molar-refractivity contribution in [1.82, 2.24) is 0 Å². The quantitative estimate of drug-likeness (QED) is 0.744. The summed E-state index contributed by atoms with van der Waals surface area (Å²) in [4.78, 5) is 0. The SMILES string of the molecule is CCc1ccc(C(CC)Nc2cc(F)c(F)c(F)c2)cc1. The molecule has 0 aliphatic carbocycles. The van der Waals surface area contributed by atoms with E-state index in [2.05, 4.69) is 12.2 Å². The van der Waals surface area contributed by atoms with Gasteiger partial charge >= 0.3 is 0 Å². The van der Waals surface area contributed by atoms with Gasteiger partial charge < -0.3 is 5.32 Å². The van der Waals surface area contributed by atoms with Crippen LogP contribution in [-0.2, 0) is 6.42 Å². The number of hydrogen-bond acceptors (Lipinski definition) is 1. The van der Waals surface area contributed by atoms with Crippen molar-refractivity contribution in [3.05, 3.63) is 65.0 Å². The summed E-state index contributed by atoms with van der Waals surface area (Å²) in [5.41, 5.74) is 2.49. The van der Waals surface area contributed by atoms with Gasteiger partial charge in [0.1, 0.15) is 0 Å². The fourth-order valence-corrected chi connectivity index (χ4v) is 2.25. The van der Waals surface area contributed by atoms with Crippen molar-refractivity contribution in [2.75, 3.05) is 5.32 Å². The van der Waals surface area contributed by atoms with Crippen molar-refractivity contribution in [3.8, 4) is 0 Å². The van der Waals surface area contributed by atoms with Crippen molar-refractivity contribution in [1.29, 1.82) is 0 Å². The first-order chi connectivity index (χ1) is 10.0. The van der Waals surface area contributed by atoms with E-state index in [1.54, 1.807) is 0 Å². The number of hydrogen-bond donors (Lipinski definition) is 1. The van der Waals surface area contributed by atoms with Gasteiger partial charge in [-0.2, -0.15) is 0 Å². The molecule has 0 heterocycles. The van der Waals surface area contributed by atoms with Crippen molar-refractivity contribution in [3.63, 3.8) is 0 Å². The number of nitrogens with one attached hydrogen (secondary N) is 1. The van der Waals surface area contributed by atoms with E-state index in [4.69, 9.17) is 0 Å². The first kappa shape index (κ1) is 15.4. The molecular weight excluding hydrogens is 275 g/mol. The summed E-state index contributed by atoms with van der Waals surface area (Å²) >= 11 is 0. The number of rotatable bonds is 5. The van der Waals surface area contributed by atoms with E-state index in [-0.39, 0.29) is 11.7 Å². The van der Waals surface area contributed by atoms with Gasteiger partial charge in [-0.3, -0.25) is 0 Å². The van der Waals surface area contributed by atoms with Crippen LogP contribution in [0.15, 0.2) is 36.4 Å². The molecule has 1 N–H and O–H groups in total. The van der Waals surface area contributed by atoms with Crippen LogP contribution in [0, 0.1) is 17.5 Å². The van der Waals surface area contributed by atoms with E-state index in [1.807, 2.05) is 31.2 Å². The summed E-state index contributed by atoms with van der Waals surface area (Å²) in [6, 6.07) is 9.92. The Labute approximate surface area is 122 Å². The van der Waals surface area contributed by atoms with E-state index in [9.17, 15) is 13.2 Å². The Bertz CT molecular complexity index is 585. The molecule has 0 spiro atoms. The van der Waals surface area contributed by atoms with Crippen LogP contribution < -0.4 is 5.32 Å². The van der Waals surface area contributed by atoms with Gasteiger partial charge in [0.25, 0.3) is 0 Å². The van der Waals surface area contributed by atoms with E-state index < -0.39 is 17.5 Å². The largest absolute Gasteiger partial charge is 0.378 e. The molecule has 112 valence electrons. The highest BCUT2D eigenvalue weighted by atomic mass is 19.2. The normalized spacial score (nSPS) is 12.2. The van der Waals surface area contributed by atoms with Crippen molar-refractivity contribution in [2.45, 2.75) is 32.7 Å². The van der Waals surface area contributed by atoms with Gasteiger partial charge in [0, 0.05) is 17.8 Å². The first-order valence-corrected chi connectivity index (χ1v) is 7.05. The van der Waals surface area contributed by atoms with Gasteiger partial charge in [-0.15, -0.1) is 0 Å². The molecule has 1 nitrogen and oxygen atoms in total. The van der Waals surface area contributed by atoms with Crippen LogP contribution in [-0.4, -0.2) is 0 Å². The van der Waals surface area contributed by atoms with E-state index in [0.29, 0.717) is 0 Å². The average molecular weight is 293 g/mol. The van der Waals surface area contributed by atoms with Crippen LogP contribution in [0.4, 0.5) is 18.9 Å². The third-order valence-corrected chi connectivity index (χ3v) is 3.52. The summed E-state index contributed by atoms with van der Waals surface area (Å²) in [6.07, 6.45) is 1.70. The minimum absolute atomic E-state index is 0.0832. The van der Waals surface area contributed by atoms with Crippen LogP contribution in [0.5, 0.6) is 0 Å². The lowest BCUT2D eigenvalue weighted by Gasteiger charge is -2.19. The second kappa shape index (κ2) is 6.66. The molecule has 0 amide bonds. The molecule has 0 aliphatic heterocycles. The van der Waals surface area contributed by atoms with Crippen LogP contribution in [0.1, 0.15) is 37.4 Å². The molecule has 2 aromatic rings. The van der Waals surface area contributed by atoms with Gasteiger partial charge in [0.2, 0.25) is 0 Å². The lowest BCUT2D eigenvalue weighted by atomic mass is 10.0. The minimum Gasteiger partial charge on any atom is -0.378 e. The smallest absolute Gasteiger partial charge is 0.194 e. The minimum atomic E-state index is -1.44. The summed E-state index contributed by atoms with van der Waals surface area (Å²) in [6.45, 7) is 4.05. The van der Waals surface area contributed by atoms with Crippen molar-refractivity contribution < 1.29 is 13.2 Å². The van der Waals surface area contributed by atoms with Gasteiger partial charge in [-0.25, -0.2) is 13.2 Å². The molecular formula is C17H18F3N. The summed E-state index contributed by atoms with van der Waals surface area (Å²) in [5, 5.41) is 3.04. The maximum atomic E-state index is 13.2.